The van der Waals surface area contributed by atoms with Crippen molar-refractivity contribution in [1.29, 1.82) is 0 Å². The maximum Gasteiger partial charge on any atom is 0.325 e. The van der Waals surface area contributed by atoms with Crippen LogP contribution in [-0.2, 0) is 32.1 Å². The van der Waals surface area contributed by atoms with Crippen molar-refractivity contribution in [2.45, 2.75) is 13.0 Å². The number of benzene rings is 2. The number of hydrogen-bond acceptors (Lipinski definition) is 6. The lowest BCUT2D eigenvalue weighted by atomic mass is 10.1. The molecule has 2 aromatic carbocycles. The Morgan fingerprint density at radius 2 is 1.53 bits per heavy atom. The molecule has 0 bridgehead atoms. The first kappa shape index (κ1) is 22.7. The Hall–Kier alpha value is -3.55. The molecule has 8 heteroatoms. The van der Waals surface area contributed by atoms with Gasteiger partial charge in [-0.05, 0) is 23.3 Å². The third-order valence-electron chi connectivity index (χ3n) is 4.33. The second-order valence-corrected chi connectivity index (χ2v) is 6.49. The molecule has 0 aliphatic rings. The van der Waals surface area contributed by atoms with Crippen LogP contribution in [0.3, 0.4) is 0 Å². The van der Waals surface area contributed by atoms with E-state index in [0.29, 0.717) is 17.1 Å². The molecule has 8 nitrogen and oxygen atoms in total. The van der Waals surface area contributed by atoms with E-state index in [1.54, 1.807) is 18.2 Å². The number of nitrogens with one attached hydrogen (secondary N) is 1. The topological polar surface area (TPSA) is 94.2 Å². The monoisotopic (exact) mass is 414 g/mol. The van der Waals surface area contributed by atoms with E-state index in [0.717, 1.165) is 5.56 Å². The molecule has 1 N–H and O–H groups in total. The van der Waals surface area contributed by atoms with Gasteiger partial charge >= 0.3 is 5.97 Å². The minimum absolute atomic E-state index is 0.121. The van der Waals surface area contributed by atoms with Gasteiger partial charge in [0.25, 0.3) is 0 Å². The van der Waals surface area contributed by atoms with E-state index in [-0.39, 0.29) is 32.0 Å². The Balaban J connectivity index is 2.05. The van der Waals surface area contributed by atoms with Crippen LogP contribution >= 0.6 is 0 Å². The first-order valence-electron chi connectivity index (χ1n) is 9.32. The van der Waals surface area contributed by atoms with Crippen molar-refractivity contribution < 1.29 is 28.6 Å². The van der Waals surface area contributed by atoms with Crippen LogP contribution in [0.15, 0.2) is 48.5 Å². The molecule has 2 aromatic rings. The van der Waals surface area contributed by atoms with Crippen molar-refractivity contribution in [2.24, 2.45) is 0 Å². The van der Waals surface area contributed by atoms with Gasteiger partial charge in [-0.1, -0.05) is 30.3 Å². The molecule has 0 spiro atoms. The summed E-state index contributed by atoms with van der Waals surface area (Å²) in [5.74, 6) is -0.134. The van der Waals surface area contributed by atoms with E-state index < -0.39 is 11.9 Å². The van der Waals surface area contributed by atoms with E-state index in [2.05, 4.69) is 5.32 Å². The maximum atomic E-state index is 12.7. The highest BCUT2D eigenvalue weighted by molar-refractivity contribution is 5.87. The van der Waals surface area contributed by atoms with Gasteiger partial charge in [-0.25, -0.2) is 0 Å². The van der Waals surface area contributed by atoms with Gasteiger partial charge in [-0.2, -0.15) is 0 Å². The first-order valence-corrected chi connectivity index (χ1v) is 9.32. The van der Waals surface area contributed by atoms with Crippen LogP contribution in [0.1, 0.15) is 11.1 Å². The fourth-order valence-electron chi connectivity index (χ4n) is 2.76. The molecule has 0 radical (unpaired) electrons. The van der Waals surface area contributed by atoms with Crippen molar-refractivity contribution in [3.63, 3.8) is 0 Å². The highest BCUT2D eigenvalue weighted by atomic mass is 16.5. The Bertz CT molecular complexity index is 847. The van der Waals surface area contributed by atoms with Gasteiger partial charge in [0.15, 0.2) is 0 Å². The molecule has 160 valence electrons. The highest BCUT2D eigenvalue weighted by Gasteiger charge is 2.19. The van der Waals surface area contributed by atoms with Crippen LogP contribution in [0.2, 0.25) is 0 Å². The van der Waals surface area contributed by atoms with Gasteiger partial charge in [0.1, 0.15) is 18.0 Å². The van der Waals surface area contributed by atoms with Crippen LogP contribution < -0.4 is 14.8 Å². The molecule has 0 fully saturated rings. The van der Waals surface area contributed by atoms with Gasteiger partial charge < -0.3 is 24.4 Å². The van der Waals surface area contributed by atoms with Crippen molar-refractivity contribution in [2.75, 3.05) is 34.4 Å². The van der Waals surface area contributed by atoms with Gasteiger partial charge in [0.2, 0.25) is 11.8 Å². The van der Waals surface area contributed by atoms with Gasteiger partial charge in [0, 0.05) is 12.6 Å². The number of carbonyl (C=O) groups excluding carboxylic acids is 3. The molecule has 0 aliphatic heterocycles. The predicted molar refractivity (Wildman–Crippen MR) is 110 cm³/mol. The third-order valence-corrected chi connectivity index (χ3v) is 4.33. The van der Waals surface area contributed by atoms with E-state index in [4.69, 9.17) is 14.2 Å². The summed E-state index contributed by atoms with van der Waals surface area (Å²) in [6.07, 6.45) is 0.165. The van der Waals surface area contributed by atoms with Crippen LogP contribution in [0.25, 0.3) is 0 Å². The normalized spacial score (nSPS) is 10.1. The predicted octanol–water partition coefficient (Wildman–Crippen LogP) is 1.56. The summed E-state index contributed by atoms with van der Waals surface area (Å²) < 4.78 is 15.2. The summed E-state index contributed by atoms with van der Waals surface area (Å²) in [5.41, 5.74) is 1.55. The zero-order valence-corrected chi connectivity index (χ0v) is 17.3. The summed E-state index contributed by atoms with van der Waals surface area (Å²) in [6, 6.07) is 14.4. The summed E-state index contributed by atoms with van der Waals surface area (Å²) in [6.45, 7) is -0.358. The molecule has 30 heavy (non-hydrogen) atoms. The molecule has 2 rings (SSSR count). The molecular weight excluding hydrogens is 388 g/mol. The number of rotatable bonds is 10. The van der Waals surface area contributed by atoms with Gasteiger partial charge in [0.05, 0.1) is 34.3 Å². The third kappa shape index (κ3) is 7.12. The summed E-state index contributed by atoms with van der Waals surface area (Å²) in [4.78, 5) is 37.9. The smallest absolute Gasteiger partial charge is 0.325 e. The van der Waals surface area contributed by atoms with Gasteiger partial charge in [-0.3, -0.25) is 14.4 Å². The Kier molecular flexibility index (Phi) is 8.68. The second-order valence-electron chi connectivity index (χ2n) is 6.49. The average Bonchev–Trinajstić information content (AvgIpc) is 2.77. The molecule has 2 amide bonds. The second kappa shape index (κ2) is 11.5. The van der Waals surface area contributed by atoms with Crippen molar-refractivity contribution in [3.8, 4) is 11.5 Å². The largest absolute Gasteiger partial charge is 0.497 e. The summed E-state index contributed by atoms with van der Waals surface area (Å²) in [5, 5.41) is 2.60. The van der Waals surface area contributed by atoms with Crippen LogP contribution in [0, 0.1) is 0 Å². The number of methoxy groups -OCH3 is 3. The van der Waals surface area contributed by atoms with Crippen LogP contribution in [-0.4, -0.2) is 57.1 Å². The lowest BCUT2D eigenvalue weighted by Crippen LogP contribution is -2.42. The van der Waals surface area contributed by atoms with Gasteiger partial charge in [-0.15, -0.1) is 0 Å². The number of ether oxygens (including phenoxy) is 3. The molecule has 0 unspecified atom stereocenters. The van der Waals surface area contributed by atoms with Crippen molar-refractivity contribution >= 4 is 17.8 Å². The standard InChI is InChI=1S/C22H26N2O6/c1-28-18-9-17(10-19(12-18)29-2)14-24(15-22(27)30-3)21(26)13-23-20(25)11-16-7-5-4-6-8-16/h4-10,12H,11,13-15H2,1-3H3,(H,23,25). The fraction of sp³-hybridized carbons (Fsp3) is 0.318. The molecule has 0 aliphatic carbocycles. The average molecular weight is 414 g/mol. The van der Waals surface area contributed by atoms with Crippen LogP contribution in [0.4, 0.5) is 0 Å². The van der Waals surface area contributed by atoms with E-state index in [1.165, 1.54) is 26.2 Å². The SMILES string of the molecule is COC(=O)CN(Cc1cc(OC)cc(OC)c1)C(=O)CNC(=O)Cc1ccccc1. The quantitative estimate of drug-likeness (QED) is 0.593. The number of carbonyl (C=O) groups is 3. The Labute approximate surface area is 175 Å². The van der Waals surface area contributed by atoms with Crippen molar-refractivity contribution in [1.82, 2.24) is 10.2 Å². The molecule has 0 heterocycles. The van der Waals surface area contributed by atoms with Crippen molar-refractivity contribution in [3.05, 3.63) is 59.7 Å². The zero-order chi connectivity index (χ0) is 21.9. The molecule has 0 saturated heterocycles. The van der Waals surface area contributed by atoms with E-state index in [1.807, 2.05) is 30.3 Å². The van der Waals surface area contributed by atoms with E-state index >= 15 is 0 Å². The molecule has 0 saturated carbocycles. The lowest BCUT2D eigenvalue weighted by molar-refractivity contribution is -0.147. The number of amides is 2. The maximum absolute atomic E-state index is 12.7. The number of nitrogens with zero attached hydrogens (tertiary/aromatic N) is 1. The van der Waals surface area contributed by atoms with Crippen LogP contribution in [0.5, 0.6) is 11.5 Å². The Morgan fingerprint density at radius 1 is 0.900 bits per heavy atom. The minimum atomic E-state index is -0.561. The molecule has 0 atom stereocenters. The Morgan fingerprint density at radius 3 is 2.10 bits per heavy atom. The summed E-state index contributed by atoms with van der Waals surface area (Å²) >= 11 is 0. The number of hydrogen-bond donors (Lipinski definition) is 1. The highest BCUT2D eigenvalue weighted by Crippen LogP contribution is 2.23. The minimum Gasteiger partial charge on any atom is -0.497 e. The first-order chi connectivity index (χ1) is 14.4. The zero-order valence-electron chi connectivity index (χ0n) is 17.3. The van der Waals surface area contributed by atoms with E-state index in [9.17, 15) is 14.4 Å². The molecule has 0 aromatic heterocycles. The fourth-order valence-corrected chi connectivity index (χ4v) is 2.76. The lowest BCUT2D eigenvalue weighted by Gasteiger charge is -2.22. The molecular formula is C22H26N2O6. The summed E-state index contributed by atoms with van der Waals surface area (Å²) in [7, 11) is 4.30. The number of esters is 1.